The standard InChI is InChI=1S/C21H25N5O/c1-15-19(16(2)26-21(24-15)22-14-23-26)10-11-20(27)25-12-6-9-18(25)13-17-7-4-3-5-8-17/h3-5,7-8,14,18H,6,9-13H2,1-2H3. The van der Waals surface area contributed by atoms with E-state index in [1.165, 1.54) is 11.9 Å². The Morgan fingerprint density at radius 2 is 2.04 bits per heavy atom. The molecule has 0 bridgehead atoms. The molecule has 3 heterocycles. The molecule has 1 atom stereocenters. The van der Waals surface area contributed by atoms with E-state index in [-0.39, 0.29) is 5.91 Å². The normalized spacial score (nSPS) is 17.0. The van der Waals surface area contributed by atoms with Crippen molar-refractivity contribution in [3.63, 3.8) is 0 Å². The Morgan fingerprint density at radius 1 is 1.22 bits per heavy atom. The van der Waals surface area contributed by atoms with Gasteiger partial charge in [0.05, 0.1) is 0 Å². The van der Waals surface area contributed by atoms with E-state index in [9.17, 15) is 4.79 Å². The van der Waals surface area contributed by atoms with Crippen LogP contribution in [0.2, 0.25) is 0 Å². The van der Waals surface area contributed by atoms with Gasteiger partial charge in [0.15, 0.2) is 0 Å². The van der Waals surface area contributed by atoms with Crippen molar-refractivity contribution >= 4 is 11.7 Å². The molecule has 1 aliphatic heterocycles. The number of carbonyl (C=O) groups excluding carboxylic acids is 1. The predicted molar refractivity (Wildman–Crippen MR) is 103 cm³/mol. The Balaban J connectivity index is 1.44. The van der Waals surface area contributed by atoms with E-state index in [0.29, 0.717) is 24.7 Å². The zero-order chi connectivity index (χ0) is 18.8. The summed E-state index contributed by atoms with van der Waals surface area (Å²) in [5.41, 5.74) is 4.35. The summed E-state index contributed by atoms with van der Waals surface area (Å²) in [6.45, 7) is 4.87. The third-order valence-electron chi connectivity index (χ3n) is 5.59. The number of nitrogens with zero attached hydrogens (tertiary/aromatic N) is 5. The second-order valence-electron chi connectivity index (χ2n) is 7.31. The van der Waals surface area contributed by atoms with Gasteiger partial charge in [0.25, 0.3) is 5.78 Å². The van der Waals surface area contributed by atoms with Crippen LogP contribution in [0.15, 0.2) is 36.7 Å². The highest BCUT2D eigenvalue weighted by Gasteiger charge is 2.28. The number of hydrogen-bond donors (Lipinski definition) is 0. The largest absolute Gasteiger partial charge is 0.339 e. The van der Waals surface area contributed by atoms with E-state index in [2.05, 4.69) is 44.2 Å². The minimum Gasteiger partial charge on any atom is -0.339 e. The van der Waals surface area contributed by atoms with Gasteiger partial charge in [-0.1, -0.05) is 30.3 Å². The van der Waals surface area contributed by atoms with Gasteiger partial charge in [0.2, 0.25) is 5.91 Å². The Kier molecular flexibility index (Phi) is 4.88. The van der Waals surface area contributed by atoms with E-state index in [0.717, 1.165) is 42.8 Å². The Hall–Kier alpha value is -2.76. The van der Waals surface area contributed by atoms with Crippen LogP contribution in [0, 0.1) is 13.8 Å². The van der Waals surface area contributed by atoms with E-state index in [4.69, 9.17) is 0 Å². The highest BCUT2D eigenvalue weighted by molar-refractivity contribution is 5.77. The fraction of sp³-hybridized carbons (Fsp3) is 0.429. The van der Waals surface area contributed by atoms with Gasteiger partial charge in [-0.3, -0.25) is 4.79 Å². The third-order valence-corrected chi connectivity index (χ3v) is 5.59. The first-order valence-corrected chi connectivity index (χ1v) is 9.62. The van der Waals surface area contributed by atoms with Gasteiger partial charge in [0, 0.05) is 30.4 Å². The molecule has 2 aromatic heterocycles. The number of rotatable bonds is 5. The van der Waals surface area contributed by atoms with Gasteiger partial charge in [-0.2, -0.15) is 10.1 Å². The van der Waals surface area contributed by atoms with Gasteiger partial charge in [0.1, 0.15) is 6.33 Å². The predicted octanol–water partition coefficient (Wildman–Crippen LogP) is 2.91. The Bertz CT molecular complexity index is 950. The summed E-state index contributed by atoms with van der Waals surface area (Å²) >= 11 is 0. The molecular weight excluding hydrogens is 338 g/mol. The molecule has 1 unspecified atom stereocenters. The lowest BCUT2D eigenvalue weighted by Crippen LogP contribution is -2.37. The first kappa shape index (κ1) is 17.6. The molecule has 4 rings (SSSR count). The average Bonchev–Trinajstić information content (AvgIpc) is 3.31. The summed E-state index contributed by atoms with van der Waals surface area (Å²) in [6, 6.07) is 10.8. The molecule has 0 N–H and O–H groups in total. The van der Waals surface area contributed by atoms with Crippen LogP contribution in [0.25, 0.3) is 5.78 Å². The number of amides is 1. The number of likely N-dealkylation sites (tertiary alicyclic amines) is 1. The molecule has 6 heteroatoms. The summed E-state index contributed by atoms with van der Waals surface area (Å²) in [4.78, 5) is 23.7. The lowest BCUT2D eigenvalue weighted by atomic mass is 10.0. The summed E-state index contributed by atoms with van der Waals surface area (Å²) < 4.78 is 1.75. The van der Waals surface area contributed by atoms with Crippen molar-refractivity contribution in [2.24, 2.45) is 0 Å². The van der Waals surface area contributed by atoms with Gasteiger partial charge in [-0.05, 0) is 50.7 Å². The maximum Gasteiger partial charge on any atom is 0.252 e. The first-order chi connectivity index (χ1) is 13.1. The lowest BCUT2D eigenvalue weighted by Gasteiger charge is -2.25. The van der Waals surface area contributed by atoms with Gasteiger partial charge in [-0.25, -0.2) is 9.50 Å². The second kappa shape index (κ2) is 7.47. The lowest BCUT2D eigenvalue weighted by molar-refractivity contribution is -0.131. The van der Waals surface area contributed by atoms with Crippen molar-refractivity contribution in [2.75, 3.05) is 6.54 Å². The van der Waals surface area contributed by atoms with Crippen molar-refractivity contribution in [3.05, 3.63) is 59.2 Å². The third kappa shape index (κ3) is 3.56. The van der Waals surface area contributed by atoms with Gasteiger partial charge < -0.3 is 4.90 Å². The molecule has 1 aromatic carbocycles. The van der Waals surface area contributed by atoms with E-state index in [1.807, 2.05) is 19.9 Å². The molecule has 0 saturated carbocycles. The number of hydrogen-bond acceptors (Lipinski definition) is 4. The minimum atomic E-state index is 0.242. The molecule has 3 aromatic rings. The molecule has 1 saturated heterocycles. The van der Waals surface area contributed by atoms with Crippen LogP contribution in [0.1, 0.15) is 41.8 Å². The van der Waals surface area contributed by atoms with Crippen molar-refractivity contribution in [1.82, 2.24) is 24.5 Å². The van der Waals surface area contributed by atoms with E-state index in [1.54, 1.807) is 4.52 Å². The second-order valence-corrected chi connectivity index (χ2v) is 7.31. The SMILES string of the molecule is Cc1nc2ncnn2c(C)c1CCC(=O)N1CCCC1Cc1ccccc1. The van der Waals surface area contributed by atoms with Crippen LogP contribution in [-0.2, 0) is 17.6 Å². The molecule has 0 aliphatic carbocycles. The van der Waals surface area contributed by atoms with Gasteiger partial charge in [-0.15, -0.1) is 0 Å². The number of aryl methyl sites for hydroxylation is 2. The monoisotopic (exact) mass is 363 g/mol. The molecule has 140 valence electrons. The smallest absolute Gasteiger partial charge is 0.252 e. The summed E-state index contributed by atoms with van der Waals surface area (Å²) in [6.07, 6.45) is 5.83. The quantitative estimate of drug-likeness (QED) is 0.699. The maximum atomic E-state index is 12.9. The fourth-order valence-electron chi connectivity index (χ4n) is 4.16. The van der Waals surface area contributed by atoms with Crippen LogP contribution >= 0.6 is 0 Å². The Morgan fingerprint density at radius 3 is 2.85 bits per heavy atom. The van der Waals surface area contributed by atoms with Crippen molar-refractivity contribution in [3.8, 4) is 0 Å². The van der Waals surface area contributed by atoms with Crippen LogP contribution in [0.4, 0.5) is 0 Å². The van der Waals surface area contributed by atoms with Crippen molar-refractivity contribution in [1.29, 1.82) is 0 Å². The highest BCUT2D eigenvalue weighted by Crippen LogP contribution is 2.23. The molecule has 0 spiro atoms. The average molecular weight is 363 g/mol. The van der Waals surface area contributed by atoms with E-state index >= 15 is 0 Å². The maximum absolute atomic E-state index is 12.9. The van der Waals surface area contributed by atoms with E-state index < -0.39 is 0 Å². The molecular formula is C21H25N5O. The van der Waals surface area contributed by atoms with Gasteiger partial charge >= 0.3 is 0 Å². The topological polar surface area (TPSA) is 63.4 Å². The number of fused-ring (bicyclic) bond motifs is 1. The highest BCUT2D eigenvalue weighted by atomic mass is 16.2. The Labute approximate surface area is 159 Å². The number of carbonyl (C=O) groups is 1. The molecule has 27 heavy (non-hydrogen) atoms. The number of benzene rings is 1. The first-order valence-electron chi connectivity index (χ1n) is 9.62. The van der Waals surface area contributed by atoms with Crippen LogP contribution in [0.5, 0.6) is 0 Å². The molecule has 1 fully saturated rings. The molecule has 1 amide bonds. The van der Waals surface area contributed by atoms with Crippen LogP contribution in [-0.4, -0.2) is 43.0 Å². The van der Waals surface area contributed by atoms with Crippen molar-refractivity contribution < 1.29 is 4.79 Å². The summed E-state index contributed by atoms with van der Waals surface area (Å²) in [5.74, 6) is 0.855. The minimum absolute atomic E-state index is 0.242. The molecule has 1 aliphatic rings. The van der Waals surface area contributed by atoms with Crippen LogP contribution in [0.3, 0.4) is 0 Å². The number of aromatic nitrogens is 4. The molecule has 6 nitrogen and oxygen atoms in total. The molecule has 0 radical (unpaired) electrons. The van der Waals surface area contributed by atoms with Crippen molar-refractivity contribution in [2.45, 2.75) is 52.0 Å². The zero-order valence-corrected chi connectivity index (χ0v) is 15.9. The van der Waals surface area contributed by atoms with Crippen LogP contribution < -0.4 is 0 Å². The zero-order valence-electron chi connectivity index (χ0n) is 15.9. The summed E-state index contributed by atoms with van der Waals surface area (Å²) in [7, 11) is 0. The fourth-order valence-corrected chi connectivity index (χ4v) is 4.16. The summed E-state index contributed by atoms with van der Waals surface area (Å²) in [5, 5.41) is 4.23.